The van der Waals surface area contributed by atoms with Crippen molar-refractivity contribution in [2.45, 2.75) is 38.0 Å². The van der Waals surface area contributed by atoms with Crippen LogP contribution in [0.15, 0.2) is 47.7 Å². The Morgan fingerprint density at radius 1 is 1.11 bits per heavy atom. The van der Waals surface area contributed by atoms with Gasteiger partial charge in [0.2, 0.25) is 0 Å². The van der Waals surface area contributed by atoms with Gasteiger partial charge in [0.05, 0.1) is 41.8 Å². The summed E-state index contributed by atoms with van der Waals surface area (Å²) < 4.78 is 77.7. The molecule has 2 aliphatic rings. The molecule has 2 heterocycles. The SMILES string of the molecule is CCN(NC1CCN(c2ccc(C(F)(F)F)cc2C#N)CC1)C(=O)N1C(=O)NC(COC)=C(C(=O)OC)[C@@H]1c1ccc(F)c(F)c1. The molecule has 0 radical (unpaired) electrons. The van der Waals surface area contributed by atoms with E-state index in [4.69, 9.17) is 9.47 Å². The maximum absolute atomic E-state index is 14.4. The number of amides is 4. The van der Waals surface area contributed by atoms with Crippen LogP contribution in [0.25, 0.3) is 0 Å². The highest BCUT2D eigenvalue weighted by atomic mass is 19.4. The number of esters is 1. The maximum atomic E-state index is 14.4. The number of carbonyl (C=O) groups is 3. The molecule has 0 spiro atoms. The topological polar surface area (TPSA) is 127 Å². The third-order valence-corrected chi connectivity index (χ3v) is 7.66. The van der Waals surface area contributed by atoms with Gasteiger partial charge in [-0.15, -0.1) is 0 Å². The minimum Gasteiger partial charge on any atom is -0.466 e. The van der Waals surface area contributed by atoms with Crippen LogP contribution in [0, 0.1) is 23.0 Å². The summed E-state index contributed by atoms with van der Waals surface area (Å²) in [7, 11) is 2.39. The van der Waals surface area contributed by atoms with E-state index in [0.717, 1.165) is 42.5 Å². The number of nitrogens with one attached hydrogen (secondary N) is 2. The van der Waals surface area contributed by atoms with E-state index < -0.39 is 47.4 Å². The summed E-state index contributed by atoms with van der Waals surface area (Å²) in [6.07, 6.45) is -3.79. The molecule has 2 N–H and O–H groups in total. The maximum Gasteiger partial charge on any atom is 0.416 e. The van der Waals surface area contributed by atoms with Gasteiger partial charge < -0.3 is 19.7 Å². The number of nitriles is 1. The van der Waals surface area contributed by atoms with Gasteiger partial charge >= 0.3 is 24.2 Å². The number of hydrazine groups is 1. The molecule has 4 rings (SSSR count). The number of piperidine rings is 1. The van der Waals surface area contributed by atoms with Crippen molar-refractivity contribution in [1.29, 1.82) is 5.26 Å². The highest BCUT2D eigenvalue weighted by Gasteiger charge is 2.45. The van der Waals surface area contributed by atoms with Crippen molar-refractivity contribution in [2.75, 3.05) is 45.4 Å². The molecule has 2 aromatic carbocycles. The zero-order valence-corrected chi connectivity index (χ0v) is 25.1. The van der Waals surface area contributed by atoms with Gasteiger partial charge in [-0.3, -0.25) is 5.01 Å². The highest BCUT2D eigenvalue weighted by molar-refractivity contribution is 6.01. The molecular formula is C30H31F5N6O5. The number of ether oxygens (including phenoxy) is 2. The summed E-state index contributed by atoms with van der Waals surface area (Å²) in [5.74, 6) is -3.38. The number of halogens is 5. The first kappa shape index (κ1) is 34.1. The molecule has 4 amide bonds. The van der Waals surface area contributed by atoms with Crippen LogP contribution in [0.2, 0.25) is 0 Å². The van der Waals surface area contributed by atoms with E-state index in [1.807, 2.05) is 6.07 Å². The summed E-state index contributed by atoms with van der Waals surface area (Å²) in [5, 5.41) is 13.1. The van der Waals surface area contributed by atoms with E-state index in [9.17, 15) is 41.6 Å². The van der Waals surface area contributed by atoms with E-state index in [1.54, 1.807) is 11.8 Å². The van der Waals surface area contributed by atoms with E-state index in [1.165, 1.54) is 13.2 Å². The molecule has 246 valence electrons. The summed E-state index contributed by atoms with van der Waals surface area (Å²) in [6, 6.07) is 3.81. The van der Waals surface area contributed by atoms with Gasteiger partial charge in [-0.2, -0.15) is 18.4 Å². The average molecular weight is 651 g/mol. The molecule has 2 aliphatic heterocycles. The molecule has 0 unspecified atom stereocenters. The third kappa shape index (κ3) is 7.05. The first-order valence-corrected chi connectivity index (χ1v) is 14.1. The number of anilines is 1. The van der Waals surface area contributed by atoms with Gasteiger partial charge in [0.15, 0.2) is 11.6 Å². The highest BCUT2D eigenvalue weighted by Crippen LogP contribution is 2.36. The van der Waals surface area contributed by atoms with Gasteiger partial charge in [-0.1, -0.05) is 6.07 Å². The molecule has 0 bridgehead atoms. The molecule has 1 saturated heterocycles. The Morgan fingerprint density at radius 2 is 1.80 bits per heavy atom. The lowest BCUT2D eigenvalue weighted by atomic mass is 9.93. The number of nitrogens with zero attached hydrogens (tertiary/aromatic N) is 4. The number of hydrogen-bond donors (Lipinski definition) is 2. The van der Waals surface area contributed by atoms with E-state index >= 15 is 0 Å². The summed E-state index contributed by atoms with van der Waals surface area (Å²) in [4.78, 5) is 42.8. The Labute approximate surface area is 261 Å². The lowest BCUT2D eigenvalue weighted by Gasteiger charge is -2.41. The van der Waals surface area contributed by atoms with Crippen LogP contribution in [0.4, 0.5) is 37.2 Å². The van der Waals surface area contributed by atoms with Crippen molar-refractivity contribution in [1.82, 2.24) is 20.7 Å². The van der Waals surface area contributed by atoms with Gasteiger partial charge in [0.25, 0.3) is 0 Å². The van der Waals surface area contributed by atoms with E-state index in [0.29, 0.717) is 36.5 Å². The molecule has 2 aromatic rings. The van der Waals surface area contributed by atoms with Crippen LogP contribution in [0.1, 0.15) is 42.5 Å². The van der Waals surface area contributed by atoms with E-state index in [-0.39, 0.29) is 41.6 Å². The number of methoxy groups -OCH3 is 2. The van der Waals surface area contributed by atoms with Crippen molar-refractivity contribution >= 4 is 23.7 Å². The monoisotopic (exact) mass is 650 g/mol. The number of hydrogen-bond acceptors (Lipinski definition) is 8. The van der Waals surface area contributed by atoms with Crippen LogP contribution in [0.5, 0.6) is 0 Å². The Balaban J connectivity index is 1.58. The lowest BCUT2D eigenvalue weighted by molar-refractivity contribution is -0.138. The molecule has 0 saturated carbocycles. The fourth-order valence-electron chi connectivity index (χ4n) is 5.43. The first-order valence-electron chi connectivity index (χ1n) is 14.1. The Bertz CT molecular complexity index is 1570. The van der Waals surface area contributed by atoms with Crippen LogP contribution >= 0.6 is 0 Å². The van der Waals surface area contributed by atoms with E-state index in [2.05, 4.69) is 10.7 Å². The van der Waals surface area contributed by atoms with Gasteiger partial charge in [0, 0.05) is 32.8 Å². The molecule has 1 atom stereocenters. The van der Waals surface area contributed by atoms with Crippen molar-refractivity contribution in [2.24, 2.45) is 0 Å². The van der Waals surface area contributed by atoms with Crippen molar-refractivity contribution in [3.63, 3.8) is 0 Å². The number of rotatable bonds is 8. The summed E-state index contributed by atoms with van der Waals surface area (Å²) in [5.41, 5.74) is 2.05. The van der Waals surface area contributed by atoms with Gasteiger partial charge in [0.1, 0.15) is 12.1 Å². The smallest absolute Gasteiger partial charge is 0.416 e. The molecule has 0 aliphatic carbocycles. The Morgan fingerprint density at radius 3 is 2.37 bits per heavy atom. The fraction of sp³-hybridized carbons (Fsp3) is 0.400. The molecule has 1 fully saturated rings. The Hall–Kier alpha value is -4.75. The van der Waals surface area contributed by atoms with Gasteiger partial charge in [-0.25, -0.2) is 33.5 Å². The second-order valence-electron chi connectivity index (χ2n) is 10.5. The lowest BCUT2D eigenvalue weighted by Crippen LogP contribution is -2.60. The molecule has 0 aromatic heterocycles. The Kier molecular flexibility index (Phi) is 10.5. The minimum atomic E-state index is -4.59. The number of imide groups is 1. The fourth-order valence-corrected chi connectivity index (χ4v) is 5.43. The molecular weight excluding hydrogens is 619 g/mol. The van der Waals surface area contributed by atoms with Crippen LogP contribution in [-0.2, 0) is 20.4 Å². The zero-order chi connectivity index (χ0) is 33.8. The van der Waals surface area contributed by atoms with Crippen molar-refractivity contribution in [3.8, 4) is 6.07 Å². The normalized spacial score (nSPS) is 17.5. The average Bonchev–Trinajstić information content (AvgIpc) is 3.03. The first-order chi connectivity index (χ1) is 21.8. The largest absolute Gasteiger partial charge is 0.466 e. The van der Waals surface area contributed by atoms with Crippen molar-refractivity contribution < 1.29 is 45.8 Å². The van der Waals surface area contributed by atoms with Gasteiger partial charge in [-0.05, 0) is 55.7 Å². The molecule has 46 heavy (non-hydrogen) atoms. The number of carbonyl (C=O) groups excluding carboxylic acids is 3. The predicted octanol–water partition coefficient (Wildman–Crippen LogP) is 4.61. The van der Waals surface area contributed by atoms with Crippen LogP contribution in [0.3, 0.4) is 0 Å². The summed E-state index contributed by atoms with van der Waals surface area (Å²) >= 11 is 0. The zero-order valence-electron chi connectivity index (χ0n) is 25.1. The quantitative estimate of drug-likeness (QED) is 0.241. The molecule has 11 nitrogen and oxygen atoms in total. The standard InChI is InChI=1S/C30H31F5N6O5/c1-4-40(38-20-9-11-39(12-10-20)24-8-6-19(30(33,34)35)13-18(24)15-36)29(44)41-26(17-5-7-21(31)22(32)14-17)25(27(42)46-3)23(16-45-2)37-28(41)43/h5-8,13-14,20,26,38H,4,9-12,16H2,1-3H3,(H,37,43)/t26-/m0/s1. The third-order valence-electron chi connectivity index (χ3n) is 7.66. The van der Waals surface area contributed by atoms with Crippen LogP contribution in [-0.4, -0.2) is 74.4 Å². The predicted molar refractivity (Wildman–Crippen MR) is 153 cm³/mol. The summed E-state index contributed by atoms with van der Waals surface area (Å²) in [6.45, 7) is 2.07. The number of benzene rings is 2. The number of urea groups is 2. The molecule has 16 heteroatoms. The minimum absolute atomic E-state index is 0.0264. The second kappa shape index (κ2) is 14.1. The van der Waals surface area contributed by atoms with Crippen LogP contribution < -0.4 is 15.6 Å². The van der Waals surface area contributed by atoms with Crippen molar-refractivity contribution in [3.05, 3.63) is 76.0 Å². The number of alkyl halides is 3. The second-order valence-corrected chi connectivity index (χ2v) is 10.5.